The molecule has 2 aromatic carbocycles. The average Bonchev–Trinajstić information content (AvgIpc) is 3.53. The number of hydrogen-bond acceptors (Lipinski definition) is 6. The lowest BCUT2D eigenvalue weighted by Crippen LogP contribution is -2.05. The maximum absolute atomic E-state index is 12.3. The monoisotopic (exact) mass is 496 g/mol. The van der Waals surface area contributed by atoms with Crippen molar-refractivity contribution in [2.75, 3.05) is 13.2 Å². The van der Waals surface area contributed by atoms with Crippen LogP contribution in [-0.4, -0.2) is 24.8 Å². The van der Waals surface area contributed by atoms with Gasteiger partial charge in [0, 0.05) is 17.5 Å². The van der Waals surface area contributed by atoms with Crippen molar-refractivity contribution in [1.29, 1.82) is 0 Å². The smallest absolute Gasteiger partial charge is 0.185 e. The van der Waals surface area contributed by atoms with Gasteiger partial charge in [0.1, 0.15) is 34.5 Å². The van der Waals surface area contributed by atoms with E-state index in [1.807, 2.05) is 38.1 Å². The SMILES string of the molecule is Cc1ccc(/C=C/C(=O)c2ccc(OCCCOc3ccc(C(=O)/C=C/c4ccc(C)o4)cc3)cc2)o1. The van der Waals surface area contributed by atoms with E-state index in [9.17, 15) is 9.59 Å². The lowest BCUT2D eigenvalue weighted by Gasteiger charge is -2.09. The van der Waals surface area contributed by atoms with E-state index in [0.29, 0.717) is 53.8 Å². The Balaban J connectivity index is 1.16. The first-order chi connectivity index (χ1) is 18.0. The van der Waals surface area contributed by atoms with Gasteiger partial charge in [0.05, 0.1) is 13.2 Å². The van der Waals surface area contributed by atoms with Crippen LogP contribution >= 0.6 is 0 Å². The Kier molecular flexibility index (Phi) is 8.55. The third kappa shape index (κ3) is 7.70. The molecule has 188 valence electrons. The van der Waals surface area contributed by atoms with Crippen LogP contribution in [0.25, 0.3) is 12.2 Å². The Bertz CT molecular complexity index is 1280. The summed E-state index contributed by atoms with van der Waals surface area (Å²) in [6.45, 7) is 4.66. The predicted molar refractivity (Wildman–Crippen MR) is 142 cm³/mol. The molecule has 6 nitrogen and oxygen atoms in total. The number of allylic oxidation sites excluding steroid dienone is 2. The first-order valence-corrected chi connectivity index (χ1v) is 12.0. The van der Waals surface area contributed by atoms with Crippen LogP contribution in [0.15, 0.2) is 93.8 Å². The lowest BCUT2D eigenvalue weighted by atomic mass is 10.1. The fourth-order valence-electron chi connectivity index (χ4n) is 3.46. The van der Waals surface area contributed by atoms with Crippen LogP contribution in [-0.2, 0) is 0 Å². The lowest BCUT2D eigenvalue weighted by molar-refractivity contribution is 0.103. The van der Waals surface area contributed by atoms with Gasteiger partial charge in [-0.25, -0.2) is 0 Å². The van der Waals surface area contributed by atoms with E-state index in [-0.39, 0.29) is 11.6 Å². The largest absolute Gasteiger partial charge is 0.493 e. The zero-order valence-electron chi connectivity index (χ0n) is 20.8. The second-order valence-electron chi connectivity index (χ2n) is 8.39. The van der Waals surface area contributed by atoms with E-state index in [1.54, 1.807) is 60.7 Å². The fourth-order valence-corrected chi connectivity index (χ4v) is 3.46. The first-order valence-electron chi connectivity index (χ1n) is 12.0. The summed E-state index contributed by atoms with van der Waals surface area (Å²) in [5, 5.41) is 0. The van der Waals surface area contributed by atoms with Crippen molar-refractivity contribution in [3.8, 4) is 11.5 Å². The van der Waals surface area contributed by atoms with Gasteiger partial charge in [0.25, 0.3) is 0 Å². The molecule has 0 unspecified atom stereocenters. The van der Waals surface area contributed by atoms with E-state index in [1.165, 1.54) is 12.2 Å². The third-order valence-corrected chi connectivity index (χ3v) is 5.42. The molecular weight excluding hydrogens is 468 g/mol. The summed E-state index contributed by atoms with van der Waals surface area (Å²) in [6, 6.07) is 21.4. The van der Waals surface area contributed by atoms with Crippen molar-refractivity contribution in [3.05, 3.63) is 119 Å². The minimum atomic E-state index is -0.106. The molecule has 0 amide bonds. The van der Waals surface area contributed by atoms with Crippen LogP contribution in [0.3, 0.4) is 0 Å². The topological polar surface area (TPSA) is 78.9 Å². The fraction of sp³-hybridized carbons (Fsp3) is 0.161. The maximum Gasteiger partial charge on any atom is 0.185 e. The number of ether oxygens (including phenoxy) is 2. The summed E-state index contributed by atoms with van der Waals surface area (Å²) in [4.78, 5) is 24.6. The van der Waals surface area contributed by atoms with Crippen molar-refractivity contribution < 1.29 is 27.9 Å². The van der Waals surface area contributed by atoms with E-state index in [0.717, 1.165) is 11.5 Å². The Morgan fingerprint density at radius 2 is 1.03 bits per heavy atom. The highest BCUT2D eigenvalue weighted by molar-refractivity contribution is 6.07. The van der Waals surface area contributed by atoms with Crippen LogP contribution in [0.2, 0.25) is 0 Å². The molecule has 4 rings (SSSR count). The normalized spacial score (nSPS) is 11.3. The van der Waals surface area contributed by atoms with E-state index >= 15 is 0 Å². The summed E-state index contributed by atoms with van der Waals surface area (Å²) in [5.74, 6) is 4.04. The molecule has 0 saturated heterocycles. The molecule has 37 heavy (non-hydrogen) atoms. The molecule has 0 N–H and O–H groups in total. The number of rotatable bonds is 12. The van der Waals surface area contributed by atoms with Gasteiger partial charge in [0.15, 0.2) is 11.6 Å². The average molecular weight is 497 g/mol. The van der Waals surface area contributed by atoms with Gasteiger partial charge in [-0.2, -0.15) is 0 Å². The van der Waals surface area contributed by atoms with Crippen molar-refractivity contribution in [1.82, 2.24) is 0 Å². The van der Waals surface area contributed by atoms with Gasteiger partial charge < -0.3 is 18.3 Å². The zero-order valence-corrected chi connectivity index (χ0v) is 20.8. The maximum atomic E-state index is 12.3. The van der Waals surface area contributed by atoms with E-state index in [2.05, 4.69) is 0 Å². The quantitative estimate of drug-likeness (QED) is 0.118. The molecule has 0 saturated carbocycles. The summed E-state index contributed by atoms with van der Waals surface area (Å²) >= 11 is 0. The molecule has 4 aromatic rings. The minimum Gasteiger partial charge on any atom is -0.493 e. The van der Waals surface area contributed by atoms with Crippen LogP contribution in [0, 0.1) is 13.8 Å². The van der Waals surface area contributed by atoms with Crippen LogP contribution < -0.4 is 9.47 Å². The van der Waals surface area contributed by atoms with Gasteiger partial charge in [-0.3, -0.25) is 9.59 Å². The highest BCUT2D eigenvalue weighted by Crippen LogP contribution is 2.16. The molecule has 0 fully saturated rings. The molecule has 0 aliphatic rings. The molecule has 0 atom stereocenters. The molecule has 0 aliphatic carbocycles. The third-order valence-electron chi connectivity index (χ3n) is 5.42. The molecule has 6 heteroatoms. The Labute approximate surface area is 215 Å². The Hall–Kier alpha value is -4.58. The number of hydrogen-bond donors (Lipinski definition) is 0. The number of carbonyl (C=O) groups is 2. The van der Waals surface area contributed by atoms with Crippen LogP contribution in [0.1, 0.15) is 50.2 Å². The first kappa shape index (κ1) is 25.5. The zero-order chi connectivity index (χ0) is 26.0. The molecule has 0 radical (unpaired) electrons. The van der Waals surface area contributed by atoms with Gasteiger partial charge in [-0.15, -0.1) is 0 Å². The Morgan fingerprint density at radius 1 is 0.622 bits per heavy atom. The van der Waals surface area contributed by atoms with Crippen molar-refractivity contribution in [2.24, 2.45) is 0 Å². The number of aryl methyl sites for hydroxylation is 2. The van der Waals surface area contributed by atoms with Crippen molar-refractivity contribution in [3.63, 3.8) is 0 Å². The van der Waals surface area contributed by atoms with Crippen LogP contribution in [0.5, 0.6) is 11.5 Å². The van der Waals surface area contributed by atoms with Gasteiger partial charge in [0.2, 0.25) is 0 Å². The molecule has 0 bridgehead atoms. The highest BCUT2D eigenvalue weighted by Gasteiger charge is 2.05. The number of ketones is 2. The van der Waals surface area contributed by atoms with E-state index < -0.39 is 0 Å². The molecule has 2 heterocycles. The molecular formula is C31H28O6. The van der Waals surface area contributed by atoms with Gasteiger partial charge in [-0.1, -0.05) is 0 Å². The highest BCUT2D eigenvalue weighted by atomic mass is 16.5. The number of carbonyl (C=O) groups excluding carboxylic acids is 2. The van der Waals surface area contributed by atoms with Crippen LogP contribution in [0.4, 0.5) is 0 Å². The minimum absolute atomic E-state index is 0.106. The molecule has 0 spiro atoms. The van der Waals surface area contributed by atoms with Gasteiger partial charge in [-0.05, 0) is 111 Å². The van der Waals surface area contributed by atoms with Gasteiger partial charge >= 0.3 is 0 Å². The van der Waals surface area contributed by atoms with Crippen molar-refractivity contribution >= 4 is 23.7 Å². The van der Waals surface area contributed by atoms with E-state index in [4.69, 9.17) is 18.3 Å². The second kappa shape index (κ2) is 12.4. The molecule has 0 aliphatic heterocycles. The summed E-state index contributed by atoms with van der Waals surface area (Å²) < 4.78 is 22.3. The number of furan rings is 2. The molecule has 2 aromatic heterocycles. The summed E-state index contributed by atoms with van der Waals surface area (Å²) in [6.07, 6.45) is 6.98. The second-order valence-corrected chi connectivity index (χ2v) is 8.39. The summed E-state index contributed by atoms with van der Waals surface area (Å²) in [7, 11) is 0. The standard InChI is InChI=1S/C31H28O6/c1-22-4-10-28(36-22)16-18-30(32)24-6-12-26(13-7-24)34-20-3-21-35-27-14-8-25(9-15-27)31(33)19-17-29-11-5-23(2)37-29/h4-19H,3,20-21H2,1-2H3/b18-16+,19-17+. The predicted octanol–water partition coefficient (Wildman–Crippen LogP) is 7.13. The number of benzene rings is 2. The Morgan fingerprint density at radius 3 is 1.38 bits per heavy atom. The summed E-state index contributed by atoms with van der Waals surface area (Å²) in [5.41, 5.74) is 1.15. The van der Waals surface area contributed by atoms with Crippen molar-refractivity contribution in [2.45, 2.75) is 20.3 Å².